The highest BCUT2D eigenvalue weighted by Crippen LogP contribution is 2.34. The van der Waals surface area contributed by atoms with Gasteiger partial charge in [-0.2, -0.15) is 0 Å². The molecule has 132 valence electrons. The second kappa shape index (κ2) is 6.87. The van der Waals surface area contributed by atoms with Gasteiger partial charge in [0.25, 0.3) is 0 Å². The summed E-state index contributed by atoms with van der Waals surface area (Å²) in [6, 6.07) is 9.66. The molecule has 0 bridgehead atoms. The van der Waals surface area contributed by atoms with E-state index in [-0.39, 0.29) is 11.7 Å². The number of nitrogens with zero attached hydrogens (tertiary/aromatic N) is 1. The Kier molecular flexibility index (Phi) is 4.60. The number of halogens is 1. The lowest BCUT2D eigenvalue weighted by atomic mass is 9.93. The third-order valence-corrected chi connectivity index (χ3v) is 6.30. The molecular weight excluding hydrogens is 334 g/mol. The number of carbonyl (C=O) groups is 1. The summed E-state index contributed by atoms with van der Waals surface area (Å²) in [5, 5.41) is 12.2. The van der Waals surface area contributed by atoms with Crippen molar-refractivity contribution >= 4 is 28.3 Å². The zero-order valence-corrected chi connectivity index (χ0v) is 15.1. The normalized spacial score (nSPS) is 22.0. The zero-order valence-electron chi connectivity index (χ0n) is 14.4. The van der Waals surface area contributed by atoms with Crippen LogP contribution in [0.1, 0.15) is 44.1 Å². The maximum Gasteiger partial charge on any atom is 0.226 e. The number of likely N-dealkylation sites (tertiary alicyclic amines) is 1. The molecule has 4 heteroatoms. The fraction of sp³-hybridized carbons (Fsp3) is 0.476. The molecule has 4 rings (SSSR count). The molecule has 1 saturated carbocycles. The molecular formula is C21H24ClNO2. The quantitative estimate of drug-likeness (QED) is 0.846. The molecule has 1 heterocycles. The topological polar surface area (TPSA) is 40.5 Å². The number of aromatic hydroxyl groups is 1. The number of rotatable bonds is 3. The summed E-state index contributed by atoms with van der Waals surface area (Å²) in [5.41, 5.74) is 1.03. The molecule has 25 heavy (non-hydrogen) atoms. The van der Waals surface area contributed by atoms with Crippen LogP contribution in [0.25, 0.3) is 10.8 Å². The Morgan fingerprint density at radius 2 is 1.88 bits per heavy atom. The van der Waals surface area contributed by atoms with E-state index in [9.17, 15) is 9.90 Å². The highest BCUT2D eigenvalue weighted by Gasteiger charge is 2.36. The van der Waals surface area contributed by atoms with Crippen LogP contribution >= 0.6 is 11.6 Å². The van der Waals surface area contributed by atoms with Crippen molar-refractivity contribution in [3.05, 3.63) is 40.9 Å². The van der Waals surface area contributed by atoms with Crippen LogP contribution in [-0.2, 0) is 11.2 Å². The molecule has 0 radical (unpaired) electrons. The van der Waals surface area contributed by atoms with E-state index in [1.54, 1.807) is 12.1 Å². The highest BCUT2D eigenvalue weighted by molar-refractivity contribution is 6.36. The number of hydrogen-bond acceptors (Lipinski definition) is 2. The lowest BCUT2D eigenvalue weighted by Crippen LogP contribution is -2.39. The van der Waals surface area contributed by atoms with Crippen LogP contribution in [0, 0.1) is 5.92 Å². The minimum absolute atomic E-state index is 0.0500. The van der Waals surface area contributed by atoms with Crippen LogP contribution in [0.3, 0.4) is 0 Å². The maximum absolute atomic E-state index is 12.9. The number of amides is 1. The van der Waals surface area contributed by atoms with Crippen LogP contribution in [0.5, 0.6) is 5.75 Å². The highest BCUT2D eigenvalue weighted by atomic mass is 35.5. The molecule has 1 atom stereocenters. The van der Waals surface area contributed by atoms with Gasteiger partial charge in [-0.25, -0.2) is 0 Å². The molecule has 1 aliphatic heterocycles. The van der Waals surface area contributed by atoms with Gasteiger partial charge in [0.1, 0.15) is 5.75 Å². The molecule has 0 spiro atoms. The Labute approximate surface area is 153 Å². The van der Waals surface area contributed by atoms with Crippen molar-refractivity contribution in [1.29, 1.82) is 0 Å². The SMILES string of the molecule is O=C1C(Cc2ccc3cc(O)ccc3c2Cl)CCN1C1CCCCC1. The molecule has 2 aliphatic rings. The Morgan fingerprint density at radius 1 is 1.08 bits per heavy atom. The molecule has 2 fully saturated rings. The van der Waals surface area contributed by atoms with E-state index in [0.29, 0.717) is 23.4 Å². The maximum atomic E-state index is 12.9. The van der Waals surface area contributed by atoms with Gasteiger partial charge >= 0.3 is 0 Å². The predicted octanol–water partition coefficient (Wildman–Crippen LogP) is 4.92. The van der Waals surface area contributed by atoms with E-state index in [0.717, 1.165) is 29.3 Å². The van der Waals surface area contributed by atoms with Gasteiger partial charge in [0.15, 0.2) is 0 Å². The van der Waals surface area contributed by atoms with Gasteiger partial charge in [-0.15, -0.1) is 0 Å². The summed E-state index contributed by atoms with van der Waals surface area (Å²) in [6.45, 7) is 0.896. The van der Waals surface area contributed by atoms with Crippen molar-refractivity contribution in [2.24, 2.45) is 5.92 Å². The molecule has 1 aliphatic carbocycles. The molecule has 3 nitrogen and oxygen atoms in total. The standard InChI is InChI=1S/C21H24ClNO2/c22-20-15(7-6-14-13-18(24)8-9-19(14)20)12-16-10-11-23(21(16)25)17-4-2-1-3-5-17/h6-9,13,16-17,24H,1-5,10-12H2. The van der Waals surface area contributed by atoms with E-state index < -0.39 is 0 Å². The molecule has 1 amide bonds. The van der Waals surface area contributed by atoms with Crippen molar-refractivity contribution in [2.75, 3.05) is 6.54 Å². The van der Waals surface area contributed by atoms with Crippen molar-refractivity contribution in [2.45, 2.75) is 51.0 Å². The monoisotopic (exact) mass is 357 g/mol. The van der Waals surface area contributed by atoms with Crippen LogP contribution in [0.2, 0.25) is 5.02 Å². The Hall–Kier alpha value is -1.74. The summed E-state index contributed by atoms with van der Waals surface area (Å²) in [4.78, 5) is 15.0. The van der Waals surface area contributed by atoms with E-state index in [4.69, 9.17) is 11.6 Å². The van der Waals surface area contributed by atoms with Crippen molar-refractivity contribution in [3.63, 3.8) is 0 Å². The summed E-state index contributed by atoms with van der Waals surface area (Å²) >= 11 is 6.60. The van der Waals surface area contributed by atoms with Crippen molar-refractivity contribution in [3.8, 4) is 5.75 Å². The average Bonchev–Trinajstić information content (AvgIpc) is 2.99. The van der Waals surface area contributed by atoms with Gasteiger partial charge in [0.05, 0.1) is 5.02 Å². The molecule has 1 unspecified atom stereocenters. The Bertz CT molecular complexity index is 798. The number of hydrogen-bond donors (Lipinski definition) is 1. The fourth-order valence-corrected chi connectivity index (χ4v) is 4.77. The van der Waals surface area contributed by atoms with Gasteiger partial charge in [-0.3, -0.25) is 4.79 Å². The van der Waals surface area contributed by atoms with Crippen LogP contribution in [0.4, 0.5) is 0 Å². The molecule has 1 saturated heterocycles. The van der Waals surface area contributed by atoms with Crippen molar-refractivity contribution < 1.29 is 9.90 Å². The van der Waals surface area contributed by atoms with E-state index in [1.165, 1.54) is 32.1 Å². The van der Waals surface area contributed by atoms with Crippen LogP contribution in [-0.4, -0.2) is 28.5 Å². The van der Waals surface area contributed by atoms with Crippen LogP contribution < -0.4 is 0 Å². The summed E-state index contributed by atoms with van der Waals surface area (Å²) in [6.07, 6.45) is 7.78. The summed E-state index contributed by atoms with van der Waals surface area (Å²) in [7, 11) is 0. The molecule has 2 aromatic rings. The Balaban J connectivity index is 1.52. The lowest BCUT2D eigenvalue weighted by molar-refractivity contribution is -0.133. The minimum atomic E-state index is 0.0500. The third kappa shape index (κ3) is 3.22. The lowest BCUT2D eigenvalue weighted by Gasteiger charge is -2.31. The van der Waals surface area contributed by atoms with E-state index in [1.807, 2.05) is 18.2 Å². The minimum Gasteiger partial charge on any atom is -0.508 e. The molecule has 2 aromatic carbocycles. The smallest absolute Gasteiger partial charge is 0.226 e. The van der Waals surface area contributed by atoms with Gasteiger partial charge in [-0.05, 0) is 54.8 Å². The first-order valence-electron chi connectivity index (χ1n) is 9.34. The van der Waals surface area contributed by atoms with Gasteiger partial charge in [0, 0.05) is 23.9 Å². The van der Waals surface area contributed by atoms with Gasteiger partial charge < -0.3 is 10.0 Å². The summed E-state index contributed by atoms with van der Waals surface area (Å²) in [5.74, 6) is 0.605. The second-order valence-corrected chi connectivity index (χ2v) is 7.84. The first kappa shape index (κ1) is 16.7. The summed E-state index contributed by atoms with van der Waals surface area (Å²) < 4.78 is 0. The number of phenols is 1. The number of benzene rings is 2. The second-order valence-electron chi connectivity index (χ2n) is 7.46. The number of fused-ring (bicyclic) bond motifs is 1. The van der Waals surface area contributed by atoms with E-state index in [2.05, 4.69) is 4.90 Å². The zero-order chi connectivity index (χ0) is 17.4. The van der Waals surface area contributed by atoms with Gasteiger partial charge in [0.2, 0.25) is 5.91 Å². The van der Waals surface area contributed by atoms with E-state index >= 15 is 0 Å². The fourth-order valence-electron chi connectivity index (χ4n) is 4.46. The first-order chi connectivity index (χ1) is 12.1. The first-order valence-corrected chi connectivity index (χ1v) is 9.72. The molecule has 1 N–H and O–H groups in total. The third-order valence-electron chi connectivity index (χ3n) is 5.85. The number of carbonyl (C=O) groups excluding carboxylic acids is 1. The molecule has 0 aromatic heterocycles. The largest absolute Gasteiger partial charge is 0.508 e. The van der Waals surface area contributed by atoms with Crippen molar-refractivity contribution in [1.82, 2.24) is 4.90 Å². The average molecular weight is 358 g/mol. The van der Waals surface area contributed by atoms with Gasteiger partial charge in [-0.1, -0.05) is 43.0 Å². The van der Waals surface area contributed by atoms with Crippen LogP contribution in [0.15, 0.2) is 30.3 Å². The number of phenolic OH excluding ortho intramolecular Hbond substituents is 1. The predicted molar refractivity (Wildman–Crippen MR) is 101 cm³/mol. The Morgan fingerprint density at radius 3 is 2.68 bits per heavy atom.